The van der Waals surface area contributed by atoms with Crippen molar-refractivity contribution < 1.29 is 4.74 Å². The first-order chi connectivity index (χ1) is 7.13. The summed E-state index contributed by atoms with van der Waals surface area (Å²) in [6.45, 7) is 3.84. The molecule has 0 bridgehead atoms. The Labute approximate surface area is 90.5 Å². The molecule has 0 aliphatic heterocycles. The van der Waals surface area contributed by atoms with Crippen molar-refractivity contribution >= 4 is 0 Å². The van der Waals surface area contributed by atoms with E-state index in [0.29, 0.717) is 11.3 Å². The van der Waals surface area contributed by atoms with Crippen LogP contribution >= 0.6 is 0 Å². The van der Waals surface area contributed by atoms with Gasteiger partial charge in [0.2, 0.25) is 0 Å². The van der Waals surface area contributed by atoms with Crippen LogP contribution in [0, 0.1) is 23.7 Å². The van der Waals surface area contributed by atoms with Gasteiger partial charge < -0.3 is 4.74 Å². The monoisotopic (exact) mass is 199 g/mol. The Hall–Kier alpha value is -1.93. The van der Waals surface area contributed by atoms with Gasteiger partial charge in [-0.1, -0.05) is 12.8 Å². The highest BCUT2D eigenvalue weighted by atomic mass is 16.5. The first kappa shape index (κ1) is 11.1. The third-order valence-corrected chi connectivity index (χ3v) is 2.31. The minimum atomic E-state index is -0.575. The molecule has 0 radical (unpaired) electrons. The van der Waals surface area contributed by atoms with Gasteiger partial charge in [-0.05, 0) is 37.6 Å². The predicted molar refractivity (Wildman–Crippen MR) is 59.3 cm³/mol. The van der Waals surface area contributed by atoms with Gasteiger partial charge in [-0.15, -0.1) is 6.42 Å². The SMILES string of the molecule is C#CC(C)(CC)Oc1ccc(C#N)cc1. The molecule has 1 aromatic rings. The zero-order valence-corrected chi connectivity index (χ0v) is 8.95. The van der Waals surface area contributed by atoms with Gasteiger partial charge in [0.25, 0.3) is 0 Å². The summed E-state index contributed by atoms with van der Waals surface area (Å²) in [6.07, 6.45) is 6.13. The fraction of sp³-hybridized carbons (Fsp3) is 0.308. The van der Waals surface area contributed by atoms with Gasteiger partial charge in [0, 0.05) is 0 Å². The van der Waals surface area contributed by atoms with Crippen LogP contribution in [0.4, 0.5) is 0 Å². The molecule has 1 unspecified atom stereocenters. The Bertz CT molecular complexity index is 408. The van der Waals surface area contributed by atoms with E-state index in [4.69, 9.17) is 16.4 Å². The van der Waals surface area contributed by atoms with Crippen molar-refractivity contribution in [2.45, 2.75) is 25.9 Å². The van der Waals surface area contributed by atoms with E-state index in [1.54, 1.807) is 24.3 Å². The summed E-state index contributed by atoms with van der Waals surface area (Å²) in [5, 5.41) is 8.63. The van der Waals surface area contributed by atoms with Gasteiger partial charge in [-0.25, -0.2) is 0 Å². The molecule has 0 aliphatic rings. The van der Waals surface area contributed by atoms with Gasteiger partial charge in [0.15, 0.2) is 5.60 Å². The molecule has 76 valence electrons. The summed E-state index contributed by atoms with van der Waals surface area (Å²) < 4.78 is 5.65. The Morgan fingerprint density at radius 2 is 2.00 bits per heavy atom. The normalized spacial score (nSPS) is 13.3. The lowest BCUT2D eigenvalue weighted by atomic mass is 10.1. The zero-order chi connectivity index (χ0) is 11.3. The van der Waals surface area contributed by atoms with Crippen molar-refractivity contribution in [3.8, 4) is 24.2 Å². The summed E-state index contributed by atoms with van der Waals surface area (Å²) in [6, 6.07) is 8.98. The number of nitrogens with zero attached hydrogens (tertiary/aromatic N) is 1. The summed E-state index contributed by atoms with van der Waals surface area (Å²) >= 11 is 0. The second-order valence-electron chi connectivity index (χ2n) is 3.47. The van der Waals surface area contributed by atoms with Crippen molar-refractivity contribution in [1.29, 1.82) is 5.26 Å². The van der Waals surface area contributed by atoms with Gasteiger partial charge >= 0.3 is 0 Å². The lowest BCUT2D eigenvalue weighted by molar-refractivity contribution is 0.147. The maximum atomic E-state index is 8.63. The Morgan fingerprint density at radius 3 is 2.40 bits per heavy atom. The Balaban J connectivity index is 2.83. The lowest BCUT2D eigenvalue weighted by Crippen LogP contribution is -2.29. The molecule has 0 heterocycles. The average Bonchev–Trinajstić information content (AvgIpc) is 2.30. The molecule has 1 atom stereocenters. The van der Waals surface area contributed by atoms with Crippen LogP contribution < -0.4 is 4.74 Å². The average molecular weight is 199 g/mol. The highest BCUT2D eigenvalue weighted by Crippen LogP contribution is 2.20. The van der Waals surface area contributed by atoms with E-state index in [0.717, 1.165) is 6.42 Å². The molecule has 0 aliphatic carbocycles. The number of hydrogen-bond donors (Lipinski definition) is 0. The number of terminal acetylenes is 1. The molecular weight excluding hydrogens is 186 g/mol. The number of nitriles is 1. The maximum Gasteiger partial charge on any atom is 0.165 e. The molecule has 2 heteroatoms. The molecule has 15 heavy (non-hydrogen) atoms. The lowest BCUT2D eigenvalue weighted by Gasteiger charge is -2.23. The molecule has 1 aromatic carbocycles. The Morgan fingerprint density at radius 1 is 1.40 bits per heavy atom. The first-order valence-corrected chi connectivity index (χ1v) is 4.80. The first-order valence-electron chi connectivity index (χ1n) is 4.80. The van der Waals surface area contributed by atoms with Gasteiger partial charge in [-0.3, -0.25) is 0 Å². The van der Waals surface area contributed by atoms with Crippen molar-refractivity contribution in [1.82, 2.24) is 0 Å². The summed E-state index contributed by atoms with van der Waals surface area (Å²) in [4.78, 5) is 0. The summed E-state index contributed by atoms with van der Waals surface area (Å²) in [7, 11) is 0. The fourth-order valence-electron chi connectivity index (χ4n) is 1.06. The highest BCUT2D eigenvalue weighted by Gasteiger charge is 2.20. The standard InChI is InChI=1S/C13H13NO/c1-4-13(3,5-2)15-12-8-6-11(10-14)7-9-12/h1,6-9H,5H2,2-3H3. The van der Waals surface area contributed by atoms with Gasteiger partial charge in [0.05, 0.1) is 11.6 Å². The minimum Gasteiger partial charge on any atom is -0.475 e. The van der Waals surface area contributed by atoms with Crippen molar-refractivity contribution in [2.24, 2.45) is 0 Å². The van der Waals surface area contributed by atoms with E-state index in [2.05, 4.69) is 5.92 Å². The molecule has 0 saturated heterocycles. The molecule has 1 rings (SSSR count). The van der Waals surface area contributed by atoms with Crippen LogP contribution in [0.15, 0.2) is 24.3 Å². The molecule has 0 fully saturated rings. The third kappa shape index (κ3) is 2.76. The third-order valence-electron chi connectivity index (χ3n) is 2.31. The van der Waals surface area contributed by atoms with E-state index < -0.39 is 5.60 Å². The molecule has 0 spiro atoms. The van der Waals surface area contributed by atoms with Gasteiger partial charge in [-0.2, -0.15) is 5.26 Å². The van der Waals surface area contributed by atoms with Crippen LogP contribution in [-0.4, -0.2) is 5.60 Å². The molecular formula is C13H13NO. The van der Waals surface area contributed by atoms with Crippen LogP contribution in [0.1, 0.15) is 25.8 Å². The van der Waals surface area contributed by atoms with Crippen LogP contribution in [-0.2, 0) is 0 Å². The number of hydrogen-bond acceptors (Lipinski definition) is 2. The van der Waals surface area contributed by atoms with E-state index in [1.807, 2.05) is 19.9 Å². The van der Waals surface area contributed by atoms with Gasteiger partial charge in [0.1, 0.15) is 5.75 Å². The van der Waals surface area contributed by atoms with E-state index in [1.165, 1.54) is 0 Å². The van der Waals surface area contributed by atoms with Crippen LogP contribution in [0.2, 0.25) is 0 Å². The highest BCUT2D eigenvalue weighted by molar-refractivity contribution is 5.35. The summed E-state index contributed by atoms with van der Waals surface area (Å²) in [5.41, 5.74) is 0.0370. The number of rotatable bonds is 3. The van der Waals surface area contributed by atoms with Crippen molar-refractivity contribution in [2.75, 3.05) is 0 Å². The quantitative estimate of drug-likeness (QED) is 0.701. The van der Waals surface area contributed by atoms with E-state index in [-0.39, 0.29) is 0 Å². The number of ether oxygens (including phenoxy) is 1. The van der Waals surface area contributed by atoms with Crippen molar-refractivity contribution in [3.63, 3.8) is 0 Å². The molecule has 0 saturated carbocycles. The smallest absolute Gasteiger partial charge is 0.165 e. The van der Waals surface area contributed by atoms with Crippen LogP contribution in [0.25, 0.3) is 0 Å². The fourth-order valence-corrected chi connectivity index (χ4v) is 1.06. The zero-order valence-electron chi connectivity index (χ0n) is 8.95. The summed E-state index contributed by atoms with van der Waals surface area (Å²) in [5.74, 6) is 3.31. The second kappa shape index (κ2) is 4.53. The molecule has 0 N–H and O–H groups in total. The Kier molecular flexibility index (Phi) is 3.37. The molecule has 0 aromatic heterocycles. The van der Waals surface area contributed by atoms with Crippen molar-refractivity contribution in [3.05, 3.63) is 29.8 Å². The minimum absolute atomic E-state index is 0.575. The molecule has 2 nitrogen and oxygen atoms in total. The predicted octanol–water partition coefficient (Wildman–Crippen LogP) is 2.74. The van der Waals surface area contributed by atoms with E-state index in [9.17, 15) is 0 Å². The topological polar surface area (TPSA) is 33.0 Å². The maximum absolute atomic E-state index is 8.63. The second-order valence-corrected chi connectivity index (χ2v) is 3.47. The van der Waals surface area contributed by atoms with Crippen LogP contribution in [0.5, 0.6) is 5.75 Å². The van der Waals surface area contributed by atoms with E-state index >= 15 is 0 Å². The van der Waals surface area contributed by atoms with Crippen LogP contribution in [0.3, 0.4) is 0 Å². The largest absolute Gasteiger partial charge is 0.475 e. The number of benzene rings is 1. The molecule has 0 amide bonds.